The molecule has 0 aromatic carbocycles. The summed E-state index contributed by atoms with van der Waals surface area (Å²) in [5, 5.41) is 10.3. The van der Waals surface area contributed by atoms with E-state index in [1.165, 1.54) is 24.9 Å². The van der Waals surface area contributed by atoms with E-state index in [1.54, 1.807) is 0 Å². The van der Waals surface area contributed by atoms with Crippen molar-refractivity contribution in [3.05, 3.63) is 28.4 Å². The Hall–Kier alpha value is -1.31. The molecule has 2 aromatic rings. The molecular formula is C16H24N4O2S. The summed E-state index contributed by atoms with van der Waals surface area (Å²) < 4.78 is 0. The van der Waals surface area contributed by atoms with Crippen LogP contribution in [-0.2, 0) is 6.54 Å². The smallest absolute Gasteiger partial charge is 0.275 e. The van der Waals surface area contributed by atoms with Crippen molar-refractivity contribution >= 4 is 22.8 Å². The average molecular weight is 336 g/mol. The molecule has 0 bridgehead atoms. The number of rotatable bonds is 7. The fourth-order valence-electron chi connectivity index (χ4n) is 3.08. The van der Waals surface area contributed by atoms with Gasteiger partial charge < -0.3 is 15.1 Å². The highest BCUT2D eigenvalue weighted by Crippen LogP contribution is 2.24. The largest absolute Gasteiger partial charge is 0.391 e. The first-order chi connectivity index (χ1) is 11.2. The number of aliphatic hydroxyl groups excluding tert-OH is 1. The fraction of sp³-hybridized carbons (Fsp3) is 0.625. The second-order valence-electron chi connectivity index (χ2n) is 6.22. The molecule has 126 valence electrons. The van der Waals surface area contributed by atoms with Crippen molar-refractivity contribution in [2.24, 2.45) is 5.92 Å². The number of fused-ring (bicyclic) bond motifs is 1. The van der Waals surface area contributed by atoms with Crippen LogP contribution in [0, 0.1) is 5.92 Å². The van der Waals surface area contributed by atoms with Crippen molar-refractivity contribution in [2.75, 3.05) is 24.6 Å². The van der Waals surface area contributed by atoms with Crippen LogP contribution >= 0.6 is 11.8 Å². The molecule has 0 amide bonds. The third kappa shape index (κ3) is 3.79. The third-order valence-electron chi connectivity index (χ3n) is 4.40. The summed E-state index contributed by atoms with van der Waals surface area (Å²) in [6, 6.07) is 0. The Morgan fingerprint density at radius 1 is 1.43 bits per heavy atom. The standard InChI is InChI=1S/C16H24N4O2S/c1-2-3-4-23-9-12-7-20(8-13(12)21)6-11-5-17-15-14(11)18-10-19-16(15)22/h5,10,12-13,17,21H,2-4,6-9H2,1H3,(H,18,19,22)/t12-,13-/m0/s1. The van der Waals surface area contributed by atoms with Gasteiger partial charge in [0, 0.05) is 37.3 Å². The van der Waals surface area contributed by atoms with E-state index in [0.717, 1.165) is 23.4 Å². The Bertz CT molecular complexity index is 699. The summed E-state index contributed by atoms with van der Waals surface area (Å²) in [5.74, 6) is 2.52. The monoisotopic (exact) mass is 336 g/mol. The summed E-state index contributed by atoms with van der Waals surface area (Å²) >= 11 is 1.94. The molecule has 3 N–H and O–H groups in total. The van der Waals surface area contributed by atoms with E-state index in [1.807, 2.05) is 18.0 Å². The predicted octanol–water partition coefficient (Wildman–Crippen LogP) is 1.58. The van der Waals surface area contributed by atoms with Gasteiger partial charge in [-0.3, -0.25) is 9.69 Å². The van der Waals surface area contributed by atoms with Crippen molar-refractivity contribution in [3.8, 4) is 0 Å². The van der Waals surface area contributed by atoms with Crippen LogP contribution in [0.2, 0.25) is 0 Å². The molecule has 1 saturated heterocycles. The van der Waals surface area contributed by atoms with Crippen LogP contribution < -0.4 is 5.56 Å². The zero-order valence-corrected chi connectivity index (χ0v) is 14.2. The lowest BCUT2D eigenvalue weighted by molar-refractivity contribution is 0.149. The van der Waals surface area contributed by atoms with Gasteiger partial charge in [0.15, 0.2) is 0 Å². The molecule has 1 aliphatic rings. The number of hydrogen-bond donors (Lipinski definition) is 3. The average Bonchev–Trinajstić information content (AvgIpc) is 3.09. The molecule has 3 rings (SSSR count). The number of hydrogen-bond acceptors (Lipinski definition) is 5. The minimum absolute atomic E-state index is 0.145. The van der Waals surface area contributed by atoms with E-state index in [9.17, 15) is 9.90 Å². The molecule has 1 aliphatic heterocycles. The number of thioether (sulfide) groups is 1. The van der Waals surface area contributed by atoms with Crippen molar-refractivity contribution < 1.29 is 5.11 Å². The van der Waals surface area contributed by atoms with Gasteiger partial charge in [0.2, 0.25) is 0 Å². The molecule has 0 unspecified atom stereocenters. The molecule has 7 heteroatoms. The second kappa shape index (κ2) is 7.51. The maximum Gasteiger partial charge on any atom is 0.275 e. The SMILES string of the molecule is CCCCSC[C@@H]1CN(Cc2c[nH]c3c(=O)[nH]cnc23)C[C@@H]1O. The van der Waals surface area contributed by atoms with E-state index in [0.29, 0.717) is 24.5 Å². The van der Waals surface area contributed by atoms with Gasteiger partial charge in [-0.25, -0.2) is 4.98 Å². The zero-order valence-electron chi connectivity index (χ0n) is 13.4. The molecule has 3 heterocycles. The van der Waals surface area contributed by atoms with Gasteiger partial charge in [0.25, 0.3) is 5.56 Å². The Morgan fingerprint density at radius 2 is 2.30 bits per heavy atom. The molecule has 23 heavy (non-hydrogen) atoms. The van der Waals surface area contributed by atoms with Crippen LogP contribution in [0.25, 0.3) is 11.0 Å². The van der Waals surface area contributed by atoms with E-state index in [2.05, 4.69) is 26.8 Å². The van der Waals surface area contributed by atoms with Crippen LogP contribution in [-0.4, -0.2) is 55.7 Å². The minimum atomic E-state index is -0.259. The third-order valence-corrected chi connectivity index (χ3v) is 5.64. The van der Waals surface area contributed by atoms with Gasteiger partial charge >= 0.3 is 0 Å². The molecule has 0 aliphatic carbocycles. The summed E-state index contributed by atoms with van der Waals surface area (Å²) in [6.07, 6.45) is 5.49. The van der Waals surface area contributed by atoms with Gasteiger partial charge in [-0.2, -0.15) is 11.8 Å². The molecule has 0 spiro atoms. The number of H-pyrrole nitrogens is 2. The quantitative estimate of drug-likeness (QED) is 0.669. The molecule has 1 fully saturated rings. The predicted molar refractivity (Wildman–Crippen MR) is 93.7 cm³/mol. The Kier molecular flexibility index (Phi) is 5.40. The lowest BCUT2D eigenvalue weighted by Crippen LogP contribution is -2.21. The number of aromatic nitrogens is 3. The van der Waals surface area contributed by atoms with E-state index < -0.39 is 0 Å². The lowest BCUT2D eigenvalue weighted by Gasteiger charge is -2.14. The first kappa shape index (κ1) is 16.5. The van der Waals surface area contributed by atoms with Crippen LogP contribution in [0.15, 0.2) is 17.3 Å². The topological polar surface area (TPSA) is 85.0 Å². The highest BCUT2D eigenvalue weighted by Gasteiger charge is 2.31. The Labute approximate surface area is 139 Å². The Morgan fingerprint density at radius 3 is 3.13 bits per heavy atom. The van der Waals surface area contributed by atoms with Crippen LogP contribution in [0.5, 0.6) is 0 Å². The van der Waals surface area contributed by atoms with Gasteiger partial charge in [0.1, 0.15) is 5.52 Å². The van der Waals surface area contributed by atoms with Crippen LogP contribution in [0.4, 0.5) is 0 Å². The number of nitrogens with one attached hydrogen (secondary N) is 2. The van der Waals surface area contributed by atoms with Gasteiger partial charge in [-0.15, -0.1) is 0 Å². The van der Waals surface area contributed by atoms with Crippen LogP contribution in [0.1, 0.15) is 25.3 Å². The number of aromatic amines is 2. The van der Waals surface area contributed by atoms with Crippen molar-refractivity contribution in [3.63, 3.8) is 0 Å². The van der Waals surface area contributed by atoms with E-state index in [-0.39, 0.29) is 11.7 Å². The summed E-state index contributed by atoms with van der Waals surface area (Å²) in [6.45, 7) is 4.50. The molecule has 6 nitrogen and oxygen atoms in total. The molecular weight excluding hydrogens is 312 g/mol. The highest BCUT2D eigenvalue weighted by atomic mass is 32.2. The Balaban J connectivity index is 1.60. The summed E-state index contributed by atoms with van der Waals surface area (Å²) in [7, 11) is 0. The number of unbranched alkanes of at least 4 members (excludes halogenated alkanes) is 1. The van der Waals surface area contributed by atoms with Crippen molar-refractivity contribution in [1.82, 2.24) is 19.9 Å². The van der Waals surface area contributed by atoms with Crippen molar-refractivity contribution in [2.45, 2.75) is 32.4 Å². The zero-order chi connectivity index (χ0) is 16.2. The maximum absolute atomic E-state index is 11.7. The number of likely N-dealkylation sites (tertiary alicyclic amines) is 1. The first-order valence-corrected chi connectivity index (χ1v) is 9.36. The highest BCUT2D eigenvalue weighted by molar-refractivity contribution is 7.99. The number of β-amino-alcohol motifs (C(OH)–C–C–N with tert-alkyl or cyclic N) is 1. The molecule has 2 atom stereocenters. The van der Waals surface area contributed by atoms with Crippen LogP contribution in [0.3, 0.4) is 0 Å². The van der Waals surface area contributed by atoms with E-state index >= 15 is 0 Å². The first-order valence-electron chi connectivity index (χ1n) is 8.20. The summed E-state index contributed by atoms with van der Waals surface area (Å²) in [5.41, 5.74) is 2.11. The van der Waals surface area contributed by atoms with Gasteiger partial charge in [-0.1, -0.05) is 13.3 Å². The van der Waals surface area contributed by atoms with Gasteiger partial charge in [0.05, 0.1) is 17.9 Å². The van der Waals surface area contributed by atoms with Crippen molar-refractivity contribution in [1.29, 1.82) is 0 Å². The molecule has 0 saturated carbocycles. The number of nitrogens with zero attached hydrogens (tertiary/aromatic N) is 2. The normalized spacial score (nSPS) is 22.2. The van der Waals surface area contributed by atoms with E-state index in [4.69, 9.17) is 0 Å². The maximum atomic E-state index is 11.7. The molecule has 2 aromatic heterocycles. The minimum Gasteiger partial charge on any atom is -0.391 e. The number of aliphatic hydroxyl groups is 1. The fourth-order valence-corrected chi connectivity index (χ4v) is 4.37. The second-order valence-corrected chi connectivity index (χ2v) is 7.37. The lowest BCUT2D eigenvalue weighted by atomic mass is 10.1. The summed E-state index contributed by atoms with van der Waals surface area (Å²) in [4.78, 5) is 23.8. The molecule has 0 radical (unpaired) electrons. The van der Waals surface area contributed by atoms with Gasteiger partial charge in [-0.05, 0) is 17.9 Å².